The molecule has 1 aromatic carbocycles. The summed E-state index contributed by atoms with van der Waals surface area (Å²) < 4.78 is 10.6. The summed E-state index contributed by atoms with van der Waals surface area (Å²) in [7, 11) is 2.79. The van der Waals surface area contributed by atoms with Gasteiger partial charge >= 0.3 is 0 Å². The van der Waals surface area contributed by atoms with E-state index in [9.17, 15) is 14.7 Å². The highest BCUT2D eigenvalue weighted by molar-refractivity contribution is 7.10. The summed E-state index contributed by atoms with van der Waals surface area (Å²) in [6.45, 7) is 2.48. The maximum atomic E-state index is 13.0. The number of ether oxygens (including phenoxy) is 2. The van der Waals surface area contributed by atoms with Gasteiger partial charge in [-0.1, -0.05) is 49.0 Å². The Morgan fingerprint density at radius 3 is 2.48 bits per heavy atom. The molecule has 0 saturated carbocycles. The van der Waals surface area contributed by atoms with E-state index in [0.717, 1.165) is 24.1 Å². The standard InChI is InChI=1S/C22H23Cl2NO5S/c1-4-5-6-9-25-17(14-8-7-10-31-14)15(19(27)22(25)28)18(26)12-11-13(23)21(30-3)16(24)20(12)29-2/h7-8,10-11,17,26H,4-6,9H2,1-3H3/b18-15-. The topological polar surface area (TPSA) is 76.1 Å². The van der Waals surface area contributed by atoms with E-state index in [1.807, 2.05) is 17.5 Å². The van der Waals surface area contributed by atoms with Crippen LogP contribution in [0.2, 0.25) is 10.0 Å². The van der Waals surface area contributed by atoms with E-state index in [1.165, 1.54) is 36.5 Å². The minimum atomic E-state index is -0.752. The number of benzene rings is 1. The largest absolute Gasteiger partial charge is 0.507 e. The molecule has 1 N–H and O–H groups in total. The average Bonchev–Trinajstić information content (AvgIpc) is 3.36. The van der Waals surface area contributed by atoms with Gasteiger partial charge in [-0.2, -0.15) is 0 Å². The predicted octanol–water partition coefficient (Wildman–Crippen LogP) is 5.68. The number of methoxy groups -OCH3 is 2. The zero-order chi connectivity index (χ0) is 22.7. The van der Waals surface area contributed by atoms with Gasteiger partial charge in [-0.3, -0.25) is 9.59 Å². The lowest BCUT2D eigenvalue weighted by Gasteiger charge is -2.24. The molecule has 3 rings (SSSR count). The number of rotatable bonds is 8. The molecule has 1 unspecified atom stereocenters. The Hall–Kier alpha value is -2.22. The number of thiophene rings is 1. The van der Waals surface area contributed by atoms with Crippen molar-refractivity contribution in [3.05, 3.63) is 49.6 Å². The van der Waals surface area contributed by atoms with E-state index >= 15 is 0 Å². The van der Waals surface area contributed by atoms with Crippen molar-refractivity contribution in [2.24, 2.45) is 0 Å². The molecule has 31 heavy (non-hydrogen) atoms. The average molecular weight is 484 g/mol. The normalized spacial score (nSPS) is 18.0. The van der Waals surface area contributed by atoms with Crippen molar-refractivity contribution >= 4 is 52.0 Å². The number of hydrogen-bond donors (Lipinski definition) is 1. The summed E-state index contributed by atoms with van der Waals surface area (Å²) in [5.41, 5.74) is 0.103. The second kappa shape index (κ2) is 9.94. The Labute approximate surface area is 195 Å². The second-order valence-corrected chi connectivity index (χ2v) is 8.77. The van der Waals surface area contributed by atoms with Gasteiger partial charge in [0.15, 0.2) is 11.5 Å². The minimum absolute atomic E-state index is 0.0143. The molecule has 166 valence electrons. The van der Waals surface area contributed by atoms with Crippen LogP contribution in [-0.4, -0.2) is 42.5 Å². The molecule has 9 heteroatoms. The monoisotopic (exact) mass is 483 g/mol. The summed E-state index contributed by atoms with van der Waals surface area (Å²) in [6.07, 6.45) is 2.67. The van der Waals surface area contributed by atoms with E-state index in [0.29, 0.717) is 6.54 Å². The molecule has 1 atom stereocenters. The fraction of sp³-hybridized carbons (Fsp3) is 0.364. The van der Waals surface area contributed by atoms with E-state index in [2.05, 4.69) is 6.92 Å². The molecule has 0 spiro atoms. The maximum absolute atomic E-state index is 13.0. The number of likely N-dealkylation sites (tertiary alicyclic amines) is 1. The highest BCUT2D eigenvalue weighted by atomic mass is 35.5. The molecule has 0 aliphatic carbocycles. The quantitative estimate of drug-likeness (QED) is 0.226. The fourth-order valence-corrected chi connectivity index (χ4v) is 5.21. The highest BCUT2D eigenvalue weighted by Crippen LogP contribution is 2.47. The number of aliphatic hydroxyl groups is 1. The summed E-state index contributed by atoms with van der Waals surface area (Å²) in [6, 6.07) is 4.40. The number of Topliss-reactive ketones (excluding diaryl/α,β-unsaturated/α-hetero) is 1. The lowest BCUT2D eigenvalue weighted by molar-refractivity contribution is -0.139. The third-order valence-corrected chi connectivity index (χ3v) is 6.70. The predicted molar refractivity (Wildman–Crippen MR) is 122 cm³/mol. The van der Waals surface area contributed by atoms with E-state index in [1.54, 1.807) is 0 Å². The number of carbonyl (C=O) groups is 2. The van der Waals surface area contributed by atoms with Gasteiger partial charge in [-0.25, -0.2) is 0 Å². The summed E-state index contributed by atoms with van der Waals surface area (Å²) in [5, 5.41) is 13.3. The molecule has 2 heterocycles. The van der Waals surface area contributed by atoms with Gasteiger partial charge in [0.2, 0.25) is 0 Å². The number of carbonyl (C=O) groups excluding carboxylic acids is 2. The number of halogens is 2. The molecular weight excluding hydrogens is 461 g/mol. The zero-order valence-corrected chi connectivity index (χ0v) is 19.7. The number of hydrogen-bond acceptors (Lipinski definition) is 6. The molecule has 0 bridgehead atoms. The third kappa shape index (κ3) is 4.27. The lowest BCUT2D eigenvalue weighted by atomic mass is 9.99. The van der Waals surface area contributed by atoms with Crippen LogP contribution in [0.15, 0.2) is 29.2 Å². The van der Waals surface area contributed by atoms with Crippen LogP contribution in [-0.2, 0) is 9.59 Å². The van der Waals surface area contributed by atoms with Gasteiger partial charge in [0, 0.05) is 11.4 Å². The first-order chi connectivity index (χ1) is 14.9. The third-order valence-electron chi connectivity index (χ3n) is 5.15. The number of aliphatic hydroxyl groups excluding tert-OH is 1. The van der Waals surface area contributed by atoms with E-state index < -0.39 is 23.5 Å². The molecule has 1 aromatic heterocycles. The van der Waals surface area contributed by atoms with Crippen LogP contribution in [0.1, 0.15) is 42.7 Å². The Morgan fingerprint density at radius 2 is 1.90 bits per heavy atom. The maximum Gasteiger partial charge on any atom is 0.295 e. The van der Waals surface area contributed by atoms with Gasteiger partial charge in [0.1, 0.15) is 10.8 Å². The first kappa shape index (κ1) is 23.4. The molecule has 1 aliphatic rings. The molecule has 1 aliphatic heterocycles. The van der Waals surface area contributed by atoms with Crippen LogP contribution in [0, 0.1) is 0 Å². The first-order valence-electron chi connectivity index (χ1n) is 9.79. The van der Waals surface area contributed by atoms with Gasteiger partial charge in [0.25, 0.3) is 11.7 Å². The smallest absolute Gasteiger partial charge is 0.295 e. The molecule has 1 amide bonds. The van der Waals surface area contributed by atoms with Crippen molar-refractivity contribution in [1.29, 1.82) is 0 Å². The van der Waals surface area contributed by atoms with Crippen LogP contribution in [0.3, 0.4) is 0 Å². The van der Waals surface area contributed by atoms with Crippen molar-refractivity contribution in [2.45, 2.75) is 32.2 Å². The molecule has 0 radical (unpaired) electrons. The van der Waals surface area contributed by atoms with Crippen LogP contribution >= 0.6 is 34.5 Å². The summed E-state index contributed by atoms with van der Waals surface area (Å²) >= 11 is 14.0. The molecule has 6 nitrogen and oxygen atoms in total. The molecule has 2 aromatic rings. The van der Waals surface area contributed by atoms with Gasteiger partial charge < -0.3 is 19.5 Å². The Balaban J connectivity index is 2.20. The van der Waals surface area contributed by atoms with Gasteiger partial charge in [0.05, 0.1) is 36.4 Å². The Morgan fingerprint density at radius 1 is 1.19 bits per heavy atom. The number of amides is 1. The summed E-state index contributed by atoms with van der Waals surface area (Å²) in [5.74, 6) is -1.50. The highest BCUT2D eigenvalue weighted by Gasteiger charge is 2.46. The van der Waals surface area contributed by atoms with Gasteiger partial charge in [-0.05, 0) is 23.9 Å². The SMILES string of the molecule is CCCCCN1C(=O)C(=O)/C(=C(\O)c2cc(Cl)c(OC)c(Cl)c2OC)C1c1cccs1. The van der Waals surface area contributed by atoms with Crippen molar-refractivity contribution < 1.29 is 24.2 Å². The Kier molecular flexibility index (Phi) is 7.51. The molecule has 1 saturated heterocycles. The van der Waals surface area contributed by atoms with Crippen molar-refractivity contribution in [2.75, 3.05) is 20.8 Å². The van der Waals surface area contributed by atoms with Crippen molar-refractivity contribution in [3.8, 4) is 11.5 Å². The van der Waals surface area contributed by atoms with Crippen LogP contribution in [0.5, 0.6) is 11.5 Å². The molecular formula is C22H23Cl2NO5S. The van der Waals surface area contributed by atoms with E-state index in [-0.39, 0.29) is 32.7 Å². The van der Waals surface area contributed by atoms with Crippen LogP contribution in [0.4, 0.5) is 0 Å². The summed E-state index contributed by atoms with van der Waals surface area (Å²) in [4.78, 5) is 28.2. The number of unbranched alkanes of at least 4 members (excludes halogenated alkanes) is 2. The number of nitrogens with zero attached hydrogens (tertiary/aromatic N) is 1. The lowest BCUT2D eigenvalue weighted by Crippen LogP contribution is -2.30. The van der Waals surface area contributed by atoms with Crippen LogP contribution in [0.25, 0.3) is 5.76 Å². The van der Waals surface area contributed by atoms with Crippen molar-refractivity contribution in [1.82, 2.24) is 4.90 Å². The van der Waals surface area contributed by atoms with Gasteiger partial charge in [-0.15, -0.1) is 11.3 Å². The second-order valence-electron chi connectivity index (χ2n) is 7.00. The Bertz CT molecular complexity index is 1020. The van der Waals surface area contributed by atoms with Crippen LogP contribution < -0.4 is 9.47 Å². The minimum Gasteiger partial charge on any atom is -0.507 e. The molecule has 1 fully saturated rings. The number of ketones is 1. The first-order valence-corrected chi connectivity index (χ1v) is 11.4. The van der Waals surface area contributed by atoms with Crippen molar-refractivity contribution in [3.63, 3.8) is 0 Å². The fourth-order valence-electron chi connectivity index (χ4n) is 3.68. The van der Waals surface area contributed by atoms with E-state index in [4.69, 9.17) is 32.7 Å². The zero-order valence-electron chi connectivity index (χ0n) is 17.4.